The molecule has 144 valence electrons. The summed E-state index contributed by atoms with van der Waals surface area (Å²) in [5, 5.41) is 8.09. The maximum Gasteiger partial charge on any atom is 0.265 e. The summed E-state index contributed by atoms with van der Waals surface area (Å²) in [4.78, 5) is 24.1. The Kier molecular flexibility index (Phi) is 5.50. The molecule has 0 atom stereocenters. The molecule has 7 nitrogen and oxygen atoms in total. The van der Waals surface area contributed by atoms with E-state index in [-0.39, 0.29) is 5.91 Å². The molecular weight excluding hydrogens is 374 g/mol. The van der Waals surface area contributed by atoms with Crippen LogP contribution >= 0.6 is 11.3 Å². The molecule has 0 spiro atoms. The Labute approximate surface area is 167 Å². The van der Waals surface area contributed by atoms with Gasteiger partial charge in [0.1, 0.15) is 5.82 Å². The maximum absolute atomic E-state index is 12.1. The molecule has 8 heteroatoms. The van der Waals surface area contributed by atoms with Crippen LogP contribution in [0.4, 0.5) is 23.1 Å². The smallest absolute Gasteiger partial charge is 0.265 e. The van der Waals surface area contributed by atoms with E-state index in [0.29, 0.717) is 24.0 Å². The number of carbonyl (C=O) groups excluding carboxylic acids is 1. The zero-order valence-corrected chi connectivity index (χ0v) is 16.3. The average molecular weight is 395 g/mol. The van der Waals surface area contributed by atoms with Gasteiger partial charge in [0.2, 0.25) is 5.95 Å². The number of nitrogens with one attached hydrogen (secondary N) is 2. The van der Waals surface area contributed by atoms with Crippen LogP contribution in [0.15, 0.2) is 47.8 Å². The van der Waals surface area contributed by atoms with Crippen LogP contribution in [0.5, 0.6) is 0 Å². The van der Waals surface area contributed by atoms with E-state index in [1.54, 1.807) is 6.07 Å². The van der Waals surface area contributed by atoms with Crippen molar-refractivity contribution < 1.29 is 9.53 Å². The zero-order valence-electron chi connectivity index (χ0n) is 15.5. The molecule has 4 rings (SSSR count). The van der Waals surface area contributed by atoms with Crippen LogP contribution in [-0.4, -0.2) is 42.2 Å². The van der Waals surface area contributed by atoms with E-state index in [4.69, 9.17) is 4.74 Å². The van der Waals surface area contributed by atoms with Crippen molar-refractivity contribution in [2.75, 3.05) is 41.8 Å². The van der Waals surface area contributed by atoms with Gasteiger partial charge in [0.05, 0.1) is 18.1 Å². The lowest BCUT2D eigenvalue weighted by Crippen LogP contribution is -2.37. The first-order valence-corrected chi connectivity index (χ1v) is 9.96. The summed E-state index contributed by atoms with van der Waals surface area (Å²) in [5.41, 5.74) is 2.54. The molecule has 0 bridgehead atoms. The second-order valence-corrected chi connectivity index (χ2v) is 7.38. The van der Waals surface area contributed by atoms with Crippen LogP contribution in [0, 0.1) is 6.92 Å². The minimum atomic E-state index is -0.0997. The average Bonchev–Trinajstić information content (AvgIpc) is 3.25. The van der Waals surface area contributed by atoms with Crippen LogP contribution in [0.25, 0.3) is 0 Å². The van der Waals surface area contributed by atoms with E-state index >= 15 is 0 Å². The van der Waals surface area contributed by atoms with Gasteiger partial charge in [-0.2, -0.15) is 4.98 Å². The first-order chi connectivity index (χ1) is 13.7. The summed E-state index contributed by atoms with van der Waals surface area (Å²) in [6, 6.07) is 13.1. The minimum Gasteiger partial charge on any atom is -0.378 e. The third-order valence-corrected chi connectivity index (χ3v) is 5.17. The predicted molar refractivity (Wildman–Crippen MR) is 112 cm³/mol. The number of hydrogen-bond acceptors (Lipinski definition) is 7. The number of carbonyl (C=O) groups is 1. The third-order valence-electron chi connectivity index (χ3n) is 4.30. The quantitative estimate of drug-likeness (QED) is 0.686. The van der Waals surface area contributed by atoms with Crippen molar-refractivity contribution in [3.63, 3.8) is 0 Å². The summed E-state index contributed by atoms with van der Waals surface area (Å²) < 4.78 is 5.40. The highest BCUT2D eigenvalue weighted by Crippen LogP contribution is 2.21. The summed E-state index contributed by atoms with van der Waals surface area (Å²) in [6.45, 7) is 4.93. The normalized spacial score (nSPS) is 14.0. The fraction of sp³-hybridized carbons (Fsp3) is 0.250. The lowest BCUT2D eigenvalue weighted by atomic mass is 10.2. The molecule has 0 unspecified atom stereocenters. The van der Waals surface area contributed by atoms with E-state index in [1.807, 2.05) is 48.7 Å². The van der Waals surface area contributed by atoms with Gasteiger partial charge < -0.3 is 20.3 Å². The van der Waals surface area contributed by atoms with E-state index in [1.165, 1.54) is 11.3 Å². The molecule has 3 heterocycles. The van der Waals surface area contributed by atoms with Gasteiger partial charge in [-0.3, -0.25) is 4.79 Å². The second-order valence-electron chi connectivity index (χ2n) is 6.43. The van der Waals surface area contributed by atoms with Crippen molar-refractivity contribution in [2.45, 2.75) is 6.92 Å². The largest absolute Gasteiger partial charge is 0.378 e. The number of anilines is 4. The SMILES string of the molecule is Cc1cc(Nc2ccc(NC(=O)c3cccs3)cc2)nc(N2CCOCC2)n1. The molecule has 2 N–H and O–H groups in total. The third kappa shape index (κ3) is 4.47. The van der Waals surface area contributed by atoms with Crippen LogP contribution in [0.3, 0.4) is 0 Å². The highest BCUT2D eigenvalue weighted by atomic mass is 32.1. The number of hydrogen-bond donors (Lipinski definition) is 2. The first-order valence-electron chi connectivity index (χ1n) is 9.08. The number of aryl methyl sites for hydroxylation is 1. The molecule has 1 aliphatic heterocycles. The van der Waals surface area contributed by atoms with Gasteiger partial charge in [0.25, 0.3) is 5.91 Å². The lowest BCUT2D eigenvalue weighted by molar-refractivity contribution is 0.103. The number of benzene rings is 1. The Morgan fingerprint density at radius 1 is 1.11 bits per heavy atom. The first kappa shape index (κ1) is 18.4. The summed E-state index contributed by atoms with van der Waals surface area (Å²) in [5.74, 6) is 1.35. The molecule has 1 amide bonds. The molecule has 0 saturated carbocycles. The second kappa shape index (κ2) is 8.37. The van der Waals surface area contributed by atoms with Crippen LogP contribution in [-0.2, 0) is 4.74 Å². The molecule has 1 aliphatic rings. The number of morpholine rings is 1. The van der Waals surface area contributed by atoms with Gasteiger partial charge in [0.15, 0.2) is 0 Å². The number of nitrogens with zero attached hydrogens (tertiary/aromatic N) is 3. The Hall–Kier alpha value is -2.97. The van der Waals surface area contributed by atoms with Gasteiger partial charge in [-0.05, 0) is 42.6 Å². The highest BCUT2D eigenvalue weighted by Gasteiger charge is 2.15. The topological polar surface area (TPSA) is 79.4 Å². The van der Waals surface area contributed by atoms with Crippen LogP contribution < -0.4 is 15.5 Å². The van der Waals surface area contributed by atoms with Gasteiger partial charge >= 0.3 is 0 Å². The Balaban J connectivity index is 1.44. The fourth-order valence-electron chi connectivity index (χ4n) is 2.91. The van der Waals surface area contributed by atoms with Crippen molar-refractivity contribution in [3.05, 3.63) is 58.4 Å². The molecule has 0 radical (unpaired) electrons. The Morgan fingerprint density at radius 2 is 1.86 bits per heavy atom. The fourth-order valence-corrected chi connectivity index (χ4v) is 3.53. The molecule has 1 aromatic carbocycles. The van der Waals surface area contributed by atoms with Gasteiger partial charge in [0, 0.05) is 36.2 Å². The van der Waals surface area contributed by atoms with Gasteiger partial charge in [-0.15, -0.1) is 11.3 Å². The van der Waals surface area contributed by atoms with Crippen molar-refractivity contribution >= 4 is 40.4 Å². The monoisotopic (exact) mass is 395 g/mol. The van der Waals surface area contributed by atoms with Crippen LogP contribution in [0.2, 0.25) is 0 Å². The van der Waals surface area contributed by atoms with Crippen molar-refractivity contribution in [3.8, 4) is 0 Å². The number of rotatable bonds is 5. The lowest BCUT2D eigenvalue weighted by Gasteiger charge is -2.27. The standard InChI is InChI=1S/C20H21N5O2S/c1-14-13-18(24-20(21-14)25-8-10-27-11-9-25)22-15-4-6-16(7-5-15)23-19(26)17-3-2-12-28-17/h2-7,12-13H,8-11H2,1H3,(H,23,26)(H,21,22,24). The van der Waals surface area contributed by atoms with E-state index in [9.17, 15) is 4.79 Å². The number of thiophene rings is 1. The molecule has 3 aromatic rings. The zero-order chi connectivity index (χ0) is 19.3. The summed E-state index contributed by atoms with van der Waals surface area (Å²) >= 11 is 1.42. The van der Waals surface area contributed by atoms with Crippen molar-refractivity contribution in [2.24, 2.45) is 0 Å². The maximum atomic E-state index is 12.1. The highest BCUT2D eigenvalue weighted by molar-refractivity contribution is 7.12. The Morgan fingerprint density at radius 3 is 2.57 bits per heavy atom. The predicted octanol–water partition coefficient (Wildman–Crippen LogP) is 3.68. The molecule has 2 aromatic heterocycles. The number of ether oxygens (including phenoxy) is 1. The molecular formula is C20H21N5O2S. The summed E-state index contributed by atoms with van der Waals surface area (Å²) in [7, 11) is 0. The van der Waals surface area contributed by atoms with E-state index < -0.39 is 0 Å². The minimum absolute atomic E-state index is 0.0997. The number of amides is 1. The number of aromatic nitrogens is 2. The van der Waals surface area contributed by atoms with Gasteiger partial charge in [-0.1, -0.05) is 6.07 Å². The molecule has 0 aliphatic carbocycles. The molecule has 1 saturated heterocycles. The van der Waals surface area contributed by atoms with Crippen molar-refractivity contribution in [1.82, 2.24) is 9.97 Å². The van der Waals surface area contributed by atoms with Crippen molar-refractivity contribution in [1.29, 1.82) is 0 Å². The van der Waals surface area contributed by atoms with Gasteiger partial charge in [-0.25, -0.2) is 4.98 Å². The summed E-state index contributed by atoms with van der Waals surface area (Å²) in [6.07, 6.45) is 0. The van der Waals surface area contributed by atoms with E-state index in [0.717, 1.165) is 36.0 Å². The molecule has 1 fully saturated rings. The van der Waals surface area contributed by atoms with E-state index in [2.05, 4.69) is 25.5 Å². The Bertz CT molecular complexity index is 938. The van der Waals surface area contributed by atoms with Crippen LogP contribution in [0.1, 0.15) is 15.4 Å². The molecule has 28 heavy (non-hydrogen) atoms.